The fraction of sp³-hybridized carbons (Fsp3) is 0.273. The van der Waals surface area contributed by atoms with Gasteiger partial charge in [0.2, 0.25) is 0 Å². The van der Waals surface area contributed by atoms with Crippen molar-refractivity contribution >= 4 is 21.7 Å². The minimum atomic E-state index is -0.958. The Balaban J connectivity index is 2.33. The van der Waals surface area contributed by atoms with Crippen molar-refractivity contribution in [3.63, 3.8) is 0 Å². The van der Waals surface area contributed by atoms with Crippen molar-refractivity contribution < 1.29 is 9.53 Å². The molecule has 0 unspecified atom stereocenters. The first-order chi connectivity index (χ1) is 7.18. The summed E-state index contributed by atoms with van der Waals surface area (Å²) in [4.78, 5) is 12.0. The summed E-state index contributed by atoms with van der Waals surface area (Å²) in [5, 5.41) is 8.98. The number of halogens is 1. The van der Waals surface area contributed by atoms with E-state index in [1.165, 1.54) is 0 Å². The molecule has 0 aromatic heterocycles. The molecule has 1 fully saturated rings. The molecule has 3 nitrogen and oxygen atoms in total. The van der Waals surface area contributed by atoms with Gasteiger partial charge in [-0.3, -0.25) is 4.79 Å². The number of nitrogens with zero attached hydrogens (tertiary/aromatic N) is 1. The molecule has 0 spiro atoms. The third kappa shape index (κ3) is 1.69. The second-order valence-electron chi connectivity index (χ2n) is 3.53. The number of ether oxygens (including phenoxy) is 1. The van der Waals surface area contributed by atoms with Gasteiger partial charge in [-0.25, -0.2) is 0 Å². The number of rotatable bonds is 2. The van der Waals surface area contributed by atoms with Gasteiger partial charge in [-0.2, -0.15) is 5.26 Å². The van der Waals surface area contributed by atoms with Gasteiger partial charge in [0, 0.05) is 10.0 Å². The highest BCUT2D eigenvalue weighted by Gasteiger charge is 2.46. The summed E-state index contributed by atoms with van der Waals surface area (Å²) in [7, 11) is 0. The van der Waals surface area contributed by atoms with E-state index in [1.807, 2.05) is 12.1 Å². The van der Waals surface area contributed by atoms with Gasteiger partial charge in [0.25, 0.3) is 0 Å². The standard InChI is InChI=1S/C11H8BrNO2/c12-9-3-1-2-8(4-9)10(14)11(5-13)6-15-7-11/h1-4H,6-7H2. The average Bonchev–Trinajstić information content (AvgIpc) is 2.17. The fourth-order valence-corrected chi connectivity index (χ4v) is 1.86. The van der Waals surface area contributed by atoms with Crippen LogP contribution in [0, 0.1) is 16.7 Å². The van der Waals surface area contributed by atoms with Gasteiger partial charge < -0.3 is 4.74 Å². The molecule has 1 saturated heterocycles. The highest BCUT2D eigenvalue weighted by atomic mass is 79.9. The maximum Gasteiger partial charge on any atom is 0.187 e. The van der Waals surface area contributed by atoms with Crippen LogP contribution < -0.4 is 0 Å². The Morgan fingerprint density at radius 2 is 2.27 bits per heavy atom. The minimum Gasteiger partial charge on any atom is -0.377 e. The lowest BCUT2D eigenvalue weighted by Gasteiger charge is -2.33. The summed E-state index contributed by atoms with van der Waals surface area (Å²) in [5.74, 6) is -0.155. The first kappa shape index (κ1) is 10.3. The number of benzene rings is 1. The van der Waals surface area contributed by atoms with E-state index in [1.54, 1.807) is 18.2 Å². The number of Topliss-reactive ketones (excluding diaryl/α,β-unsaturated/α-hetero) is 1. The zero-order valence-corrected chi connectivity index (χ0v) is 9.45. The van der Waals surface area contributed by atoms with Crippen molar-refractivity contribution in [1.82, 2.24) is 0 Å². The van der Waals surface area contributed by atoms with Gasteiger partial charge in [0.05, 0.1) is 19.3 Å². The van der Waals surface area contributed by atoms with Gasteiger partial charge in [0.1, 0.15) is 0 Å². The first-order valence-corrected chi connectivity index (χ1v) is 5.27. The molecule has 1 heterocycles. The van der Waals surface area contributed by atoms with E-state index >= 15 is 0 Å². The van der Waals surface area contributed by atoms with Gasteiger partial charge in [-0.15, -0.1) is 0 Å². The SMILES string of the molecule is N#CC1(C(=O)c2cccc(Br)c2)COC1. The Bertz CT molecular complexity index is 446. The molecule has 1 aliphatic heterocycles. The van der Waals surface area contributed by atoms with Crippen LogP contribution in [0.2, 0.25) is 0 Å². The molecule has 0 N–H and O–H groups in total. The van der Waals surface area contributed by atoms with Crippen molar-refractivity contribution in [2.45, 2.75) is 0 Å². The zero-order chi connectivity index (χ0) is 10.9. The van der Waals surface area contributed by atoms with Crippen molar-refractivity contribution in [1.29, 1.82) is 5.26 Å². The Morgan fingerprint density at radius 1 is 1.53 bits per heavy atom. The molecule has 0 amide bonds. The Labute approximate surface area is 95.8 Å². The maximum absolute atomic E-state index is 12.0. The normalized spacial score (nSPS) is 17.6. The van der Waals surface area contributed by atoms with E-state index in [-0.39, 0.29) is 19.0 Å². The summed E-state index contributed by atoms with van der Waals surface area (Å²) in [6.45, 7) is 0.406. The molecule has 15 heavy (non-hydrogen) atoms. The Morgan fingerprint density at radius 3 is 2.73 bits per heavy atom. The average molecular weight is 266 g/mol. The maximum atomic E-state index is 12.0. The molecule has 1 aliphatic rings. The molecule has 0 aliphatic carbocycles. The first-order valence-electron chi connectivity index (χ1n) is 4.47. The second-order valence-corrected chi connectivity index (χ2v) is 4.44. The van der Waals surface area contributed by atoms with Crippen molar-refractivity contribution in [2.75, 3.05) is 13.2 Å². The van der Waals surface area contributed by atoms with E-state index < -0.39 is 5.41 Å². The number of nitriles is 1. The van der Waals surface area contributed by atoms with Crippen molar-refractivity contribution in [3.05, 3.63) is 34.3 Å². The van der Waals surface area contributed by atoms with E-state index in [0.717, 1.165) is 4.47 Å². The van der Waals surface area contributed by atoms with Gasteiger partial charge in [0.15, 0.2) is 11.2 Å². The summed E-state index contributed by atoms with van der Waals surface area (Å²) in [6.07, 6.45) is 0. The molecule has 4 heteroatoms. The number of carbonyl (C=O) groups excluding carboxylic acids is 1. The molecule has 0 bridgehead atoms. The number of hydrogen-bond donors (Lipinski definition) is 0. The van der Waals surface area contributed by atoms with Gasteiger partial charge in [-0.05, 0) is 12.1 Å². The van der Waals surface area contributed by atoms with Crippen LogP contribution in [0.4, 0.5) is 0 Å². The van der Waals surface area contributed by atoms with Crippen LogP contribution in [-0.4, -0.2) is 19.0 Å². The highest BCUT2D eigenvalue weighted by molar-refractivity contribution is 9.10. The van der Waals surface area contributed by atoms with Crippen molar-refractivity contribution in [3.8, 4) is 6.07 Å². The highest BCUT2D eigenvalue weighted by Crippen LogP contribution is 2.31. The monoisotopic (exact) mass is 265 g/mol. The molecular weight excluding hydrogens is 258 g/mol. The second kappa shape index (κ2) is 3.76. The van der Waals surface area contributed by atoms with Crippen LogP contribution in [0.3, 0.4) is 0 Å². The summed E-state index contributed by atoms with van der Waals surface area (Å²) in [5.41, 5.74) is -0.407. The quantitative estimate of drug-likeness (QED) is 0.771. The van der Waals surface area contributed by atoms with Crippen LogP contribution in [0.25, 0.3) is 0 Å². The van der Waals surface area contributed by atoms with E-state index in [2.05, 4.69) is 15.9 Å². The molecular formula is C11H8BrNO2. The molecule has 0 saturated carbocycles. The Kier molecular flexibility index (Phi) is 2.59. The smallest absolute Gasteiger partial charge is 0.187 e. The summed E-state index contributed by atoms with van der Waals surface area (Å²) >= 11 is 3.29. The van der Waals surface area contributed by atoms with Crippen LogP contribution in [0.1, 0.15) is 10.4 Å². The van der Waals surface area contributed by atoms with E-state index in [4.69, 9.17) is 10.00 Å². The van der Waals surface area contributed by atoms with Crippen LogP contribution >= 0.6 is 15.9 Å². The largest absolute Gasteiger partial charge is 0.377 e. The molecule has 2 rings (SSSR count). The molecule has 0 atom stereocenters. The number of ketones is 1. The molecule has 1 aromatic carbocycles. The third-order valence-corrected chi connectivity index (χ3v) is 2.93. The van der Waals surface area contributed by atoms with E-state index in [0.29, 0.717) is 5.56 Å². The van der Waals surface area contributed by atoms with Crippen LogP contribution in [0.15, 0.2) is 28.7 Å². The lowest BCUT2D eigenvalue weighted by atomic mass is 9.80. The minimum absolute atomic E-state index is 0.155. The van der Waals surface area contributed by atoms with Crippen LogP contribution in [0.5, 0.6) is 0 Å². The Hall–Kier alpha value is -1.18. The molecule has 76 valence electrons. The topological polar surface area (TPSA) is 50.1 Å². The van der Waals surface area contributed by atoms with Crippen LogP contribution in [-0.2, 0) is 4.74 Å². The fourth-order valence-electron chi connectivity index (χ4n) is 1.46. The summed E-state index contributed by atoms with van der Waals surface area (Å²) < 4.78 is 5.78. The predicted octanol–water partition coefficient (Wildman–Crippen LogP) is 2.17. The molecule has 0 radical (unpaired) electrons. The summed E-state index contributed by atoms with van der Waals surface area (Å²) in [6, 6.07) is 9.10. The van der Waals surface area contributed by atoms with Gasteiger partial charge in [-0.1, -0.05) is 28.1 Å². The van der Waals surface area contributed by atoms with Gasteiger partial charge >= 0.3 is 0 Å². The van der Waals surface area contributed by atoms with E-state index in [9.17, 15) is 4.79 Å². The molecule has 1 aromatic rings. The van der Waals surface area contributed by atoms with Crippen molar-refractivity contribution in [2.24, 2.45) is 5.41 Å². The lowest BCUT2D eigenvalue weighted by molar-refractivity contribution is -0.0566. The lowest BCUT2D eigenvalue weighted by Crippen LogP contribution is -2.47. The zero-order valence-electron chi connectivity index (χ0n) is 7.87. The third-order valence-electron chi connectivity index (χ3n) is 2.43. The predicted molar refractivity (Wildman–Crippen MR) is 57.3 cm³/mol. The number of hydrogen-bond acceptors (Lipinski definition) is 3. The number of carbonyl (C=O) groups is 1.